The first-order valence-electron chi connectivity index (χ1n) is 6.15. The fourth-order valence-corrected chi connectivity index (χ4v) is 2.19. The number of ether oxygens (including phenoxy) is 1. The van der Waals surface area contributed by atoms with Gasteiger partial charge in [0.15, 0.2) is 0 Å². The molecule has 0 radical (unpaired) electrons. The van der Waals surface area contributed by atoms with Crippen molar-refractivity contribution in [3.8, 4) is 0 Å². The molecule has 0 amide bonds. The maximum Gasteiger partial charge on any atom is 0.339 e. The lowest BCUT2D eigenvalue weighted by Crippen LogP contribution is -2.17. The molecule has 0 aliphatic carbocycles. The molecule has 0 unspecified atom stereocenters. The zero-order chi connectivity index (χ0) is 16.3. The van der Waals surface area contributed by atoms with Crippen molar-refractivity contribution >= 4 is 32.8 Å². The van der Waals surface area contributed by atoms with Crippen LogP contribution in [0.1, 0.15) is 20.7 Å². The molecule has 22 heavy (non-hydrogen) atoms. The van der Waals surface area contributed by atoms with E-state index in [1.807, 2.05) is 0 Å². The first-order chi connectivity index (χ1) is 10.3. The molecule has 7 nitrogen and oxygen atoms in total. The van der Waals surface area contributed by atoms with Gasteiger partial charge in [0.2, 0.25) is 0 Å². The number of aromatic carboxylic acids is 1. The van der Waals surface area contributed by atoms with Gasteiger partial charge in [0, 0.05) is 0 Å². The summed E-state index contributed by atoms with van der Waals surface area (Å²) in [5, 5.41) is 10.4. The maximum absolute atomic E-state index is 11.9. The van der Waals surface area contributed by atoms with Gasteiger partial charge < -0.3 is 14.4 Å². The van der Waals surface area contributed by atoms with E-state index < -0.39 is 34.4 Å². The summed E-state index contributed by atoms with van der Waals surface area (Å²) in [6.45, 7) is -0.628. The molecule has 0 heterocycles. The Labute approximate surface area is 125 Å². The number of fused-ring (bicyclic) bond motifs is 1. The van der Waals surface area contributed by atoms with Crippen LogP contribution in [0.5, 0.6) is 0 Å². The molecule has 1 N–H and O–H groups in total. The number of rotatable bonds is 5. The van der Waals surface area contributed by atoms with Gasteiger partial charge in [0.05, 0.1) is 27.0 Å². The van der Waals surface area contributed by atoms with Gasteiger partial charge in [-0.25, -0.2) is 18.0 Å². The second-order valence-electron chi connectivity index (χ2n) is 4.45. The van der Waals surface area contributed by atoms with Crippen molar-refractivity contribution in [2.45, 2.75) is 0 Å². The van der Waals surface area contributed by atoms with E-state index in [-0.39, 0.29) is 11.1 Å². The molecule has 8 heteroatoms. The number of benzene rings is 2. The highest BCUT2D eigenvalue weighted by Crippen LogP contribution is 2.21. The fourth-order valence-electron chi connectivity index (χ4n) is 1.90. The van der Waals surface area contributed by atoms with Crippen LogP contribution in [0.15, 0.2) is 36.4 Å². The van der Waals surface area contributed by atoms with Gasteiger partial charge in [0.1, 0.15) is 6.61 Å². The highest BCUT2D eigenvalue weighted by molar-refractivity contribution is 7.85. The third-order valence-electron chi connectivity index (χ3n) is 2.90. The van der Waals surface area contributed by atoms with Gasteiger partial charge in [-0.2, -0.15) is 0 Å². The van der Waals surface area contributed by atoms with Crippen LogP contribution in [0, 0.1) is 0 Å². The summed E-state index contributed by atoms with van der Waals surface area (Å²) in [5.41, 5.74) is -0.455. The second-order valence-corrected chi connectivity index (χ2v) is 5.97. The molecule has 2 aromatic carbocycles. The predicted molar refractivity (Wildman–Crippen MR) is 75.8 cm³/mol. The van der Waals surface area contributed by atoms with Crippen molar-refractivity contribution in [2.75, 3.05) is 12.4 Å². The van der Waals surface area contributed by atoms with Gasteiger partial charge in [-0.05, 0) is 22.9 Å². The standard InChI is InChI=1S/C14H12O7S/c15-13(16)11-7-9-3-1-2-4-10(9)8-12(11)14(17)21-5-6-22(18,19)20/h1-4,7-8H,5-6H2,(H,15,16)(H,18,19,20)/p-1. The summed E-state index contributed by atoms with van der Waals surface area (Å²) in [6.07, 6.45) is 0. The number of hydrogen-bond acceptors (Lipinski definition) is 6. The zero-order valence-corrected chi connectivity index (χ0v) is 12.0. The molecule has 0 saturated heterocycles. The van der Waals surface area contributed by atoms with E-state index in [0.29, 0.717) is 10.8 Å². The molecule has 0 atom stereocenters. The quantitative estimate of drug-likeness (QED) is 0.649. The molecule has 0 aromatic heterocycles. The van der Waals surface area contributed by atoms with Crippen LogP contribution in [0.4, 0.5) is 0 Å². The van der Waals surface area contributed by atoms with E-state index in [1.165, 1.54) is 12.1 Å². The highest BCUT2D eigenvalue weighted by Gasteiger charge is 2.19. The van der Waals surface area contributed by atoms with Gasteiger partial charge >= 0.3 is 11.9 Å². The normalized spacial score (nSPS) is 11.3. The van der Waals surface area contributed by atoms with Crippen molar-refractivity contribution in [1.29, 1.82) is 0 Å². The Bertz CT molecular complexity index is 839. The van der Waals surface area contributed by atoms with E-state index in [0.717, 1.165) is 0 Å². The average molecular weight is 323 g/mol. The maximum atomic E-state index is 11.9. The van der Waals surface area contributed by atoms with Gasteiger partial charge in [-0.3, -0.25) is 0 Å². The molecular weight excluding hydrogens is 312 g/mol. The van der Waals surface area contributed by atoms with Crippen molar-refractivity contribution in [2.24, 2.45) is 0 Å². The summed E-state index contributed by atoms with van der Waals surface area (Å²) in [5.74, 6) is -3.17. The van der Waals surface area contributed by atoms with Crippen LogP contribution in [0.3, 0.4) is 0 Å². The number of carbonyl (C=O) groups excluding carboxylic acids is 1. The fraction of sp³-hybridized carbons (Fsp3) is 0.143. The Kier molecular flexibility index (Phi) is 4.43. The zero-order valence-electron chi connectivity index (χ0n) is 11.2. The number of carboxylic acids is 1. The molecule has 0 aliphatic heterocycles. The number of carbonyl (C=O) groups is 2. The Morgan fingerprint density at radius 2 is 1.64 bits per heavy atom. The number of carboxylic acid groups (broad SMARTS) is 1. The van der Waals surface area contributed by atoms with Crippen LogP contribution < -0.4 is 0 Å². The lowest BCUT2D eigenvalue weighted by atomic mass is 10.0. The molecule has 2 aromatic rings. The molecule has 2 rings (SSSR count). The van der Waals surface area contributed by atoms with Crippen molar-refractivity contribution in [1.82, 2.24) is 0 Å². The first-order valence-corrected chi connectivity index (χ1v) is 7.72. The number of esters is 1. The van der Waals surface area contributed by atoms with Crippen molar-refractivity contribution in [3.05, 3.63) is 47.5 Å². The lowest BCUT2D eigenvalue weighted by molar-refractivity contribution is 0.0516. The minimum Gasteiger partial charge on any atom is -0.748 e. The van der Waals surface area contributed by atoms with Crippen molar-refractivity contribution < 1.29 is 32.4 Å². The van der Waals surface area contributed by atoms with E-state index in [2.05, 4.69) is 4.74 Å². The van der Waals surface area contributed by atoms with Crippen LogP contribution >= 0.6 is 0 Å². The number of hydrogen-bond donors (Lipinski definition) is 1. The first kappa shape index (κ1) is 15.9. The van der Waals surface area contributed by atoms with Crippen LogP contribution in [-0.2, 0) is 14.9 Å². The van der Waals surface area contributed by atoms with Crippen LogP contribution in [-0.4, -0.2) is 42.4 Å². The van der Waals surface area contributed by atoms with E-state index in [1.54, 1.807) is 24.3 Å². The van der Waals surface area contributed by atoms with Crippen LogP contribution in [0.2, 0.25) is 0 Å². The predicted octanol–water partition coefficient (Wildman–Crippen LogP) is 1.24. The Hall–Kier alpha value is -2.45. The smallest absolute Gasteiger partial charge is 0.339 e. The Morgan fingerprint density at radius 1 is 1.09 bits per heavy atom. The molecule has 0 bridgehead atoms. The van der Waals surface area contributed by atoms with Gasteiger partial charge in [-0.15, -0.1) is 0 Å². The van der Waals surface area contributed by atoms with Gasteiger partial charge in [-0.1, -0.05) is 24.3 Å². The lowest BCUT2D eigenvalue weighted by Gasteiger charge is -2.10. The minimum absolute atomic E-state index is 0.200. The van der Waals surface area contributed by atoms with Crippen molar-refractivity contribution in [3.63, 3.8) is 0 Å². The monoisotopic (exact) mass is 323 g/mol. The second kappa shape index (κ2) is 6.12. The van der Waals surface area contributed by atoms with Crippen LogP contribution in [0.25, 0.3) is 10.8 Å². The van der Waals surface area contributed by atoms with Gasteiger partial charge in [0.25, 0.3) is 0 Å². The molecular formula is C14H11O7S-. The average Bonchev–Trinajstić information content (AvgIpc) is 2.44. The summed E-state index contributed by atoms with van der Waals surface area (Å²) >= 11 is 0. The molecule has 0 fully saturated rings. The van der Waals surface area contributed by atoms with E-state index in [4.69, 9.17) is 0 Å². The molecule has 0 saturated carbocycles. The Balaban J connectivity index is 2.34. The third kappa shape index (κ3) is 3.80. The summed E-state index contributed by atoms with van der Waals surface area (Å²) in [7, 11) is -4.51. The van der Waals surface area contributed by atoms with E-state index >= 15 is 0 Å². The SMILES string of the molecule is O=C(O)c1cc2ccccc2cc1C(=O)OCCS(=O)(=O)[O-]. The summed E-state index contributed by atoms with van der Waals surface area (Å²) < 4.78 is 36.0. The summed E-state index contributed by atoms with van der Waals surface area (Å²) in [6, 6.07) is 9.53. The summed E-state index contributed by atoms with van der Waals surface area (Å²) in [4.78, 5) is 23.2. The Morgan fingerprint density at radius 3 is 2.14 bits per heavy atom. The van der Waals surface area contributed by atoms with E-state index in [9.17, 15) is 27.7 Å². The molecule has 0 spiro atoms. The largest absolute Gasteiger partial charge is 0.748 e. The topological polar surface area (TPSA) is 121 Å². The molecule has 0 aliphatic rings. The molecule has 116 valence electrons. The minimum atomic E-state index is -4.51. The third-order valence-corrected chi connectivity index (χ3v) is 3.57. The highest BCUT2D eigenvalue weighted by atomic mass is 32.2.